The molecule has 1 N–H and O–H groups in total. The summed E-state index contributed by atoms with van der Waals surface area (Å²) in [7, 11) is 2.83. The SMILES string of the molecule is CCc1[nH]c(C(=O)N(C)Cc2ccc(OC(F)(F)F)cc2)c(C)c1C(=O)OC. The first kappa shape index (κ1) is 21.3. The molecule has 2 rings (SSSR count). The van der Waals surface area contributed by atoms with Crippen LogP contribution in [0.15, 0.2) is 24.3 Å². The number of ether oxygens (including phenoxy) is 2. The zero-order chi connectivity index (χ0) is 21.1. The second-order valence-corrected chi connectivity index (χ2v) is 6.18. The number of aromatic amines is 1. The number of aromatic nitrogens is 1. The number of esters is 1. The average Bonchev–Trinajstić information content (AvgIpc) is 2.97. The fraction of sp³-hybridized carbons (Fsp3) is 0.368. The molecule has 0 aliphatic carbocycles. The second kappa shape index (κ2) is 8.37. The van der Waals surface area contributed by atoms with Crippen molar-refractivity contribution in [3.63, 3.8) is 0 Å². The molecule has 1 heterocycles. The molecule has 1 amide bonds. The average molecular weight is 398 g/mol. The van der Waals surface area contributed by atoms with Gasteiger partial charge in [-0.15, -0.1) is 13.2 Å². The van der Waals surface area contributed by atoms with Gasteiger partial charge in [0.15, 0.2) is 0 Å². The molecule has 1 aromatic heterocycles. The summed E-state index contributed by atoms with van der Waals surface area (Å²) in [5.74, 6) is -1.20. The third-order valence-corrected chi connectivity index (χ3v) is 4.21. The van der Waals surface area contributed by atoms with Crippen molar-refractivity contribution in [2.24, 2.45) is 0 Å². The third-order valence-electron chi connectivity index (χ3n) is 4.21. The zero-order valence-electron chi connectivity index (χ0n) is 15.9. The van der Waals surface area contributed by atoms with Crippen molar-refractivity contribution >= 4 is 11.9 Å². The van der Waals surface area contributed by atoms with E-state index in [4.69, 9.17) is 4.74 Å². The van der Waals surface area contributed by atoms with Gasteiger partial charge in [-0.05, 0) is 36.6 Å². The summed E-state index contributed by atoms with van der Waals surface area (Å²) in [6.45, 7) is 3.67. The molecule has 0 radical (unpaired) electrons. The predicted octanol–water partition coefficient (Wildman–Crippen LogP) is 3.84. The molecule has 1 aromatic carbocycles. The molecular formula is C19H21F3N2O4. The van der Waals surface area contributed by atoms with Crippen LogP contribution < -0.4 is 4.74 Å². The monoisotopic (exact) mass is 398 g/mol. The van der Waals surface area contributed by atoms with Crippen LogP contribution in [-0.2, 0) is 17.7 Å². The molecule has 0 aliphatic rings. The Bertz CT molecular complexity index is 857. The van der Waals surface area contributed by atoms with Crippen LogP contribution in [0.2, 0.25) is 0 Å². The summed E-state index contributed by atoms with van der Waals surface area (Å²) < 4.78 is 45.3. The molecule has 9 heteroatoms. The Labute approximate surface area is 160 Å². The van der Waals surface area contributed by atoms with E-state index in [0.29, 0.717) is 28.8 Å². The standard InChI is InChI=1S/C19H21F3N2O4/c1-5-14-15(18(26)27-4)11(2)16(23-14)17(25)24(3)10-12-6-8-13(9-7-12)28-19(20,21)22/h6-9,23H,5,10H2,1-4H3. The normalized spacial score (nSPS) is 11.2. The second-order valence-electron chi connectivity index (χ2n) is 6.18. The number of carbonyl (C=O) groups is 2. The minimum Gasteiger partial charge on any atom is -0.465 e. The molecule has 0 unspecified atom stereocenters. The number of alkyl halides is 3. The maximum absolute atomic E-state index is 12.8. The Morgan fingerprint density at radius 3 is 2.29 bits per heavy atom. The maximum Gasteiger partial charge on any atom is 0.573 e. The lowest BCUT2D eigenvalue weighted by Crippen LogP contribution is -2.27. The van der Waals surface area contributed by atoms with Crippen molar-refractivity contribution in [2.75, 3.05) is 14.2 Å². The molecule has 0 atom stereocenters. The fourth-order valence-corrected chi connectivity index (χ4v) is 2.85. The predicted molar refractivity (Wildman–Crippen MR) is 95.2 cm³/mol. The number of rotatable bonds is 6. The van der Waals surface area contributed by atoms with Gasteiger partial charge in [-0.25, -0.2) is 4.79 Å². The van der Waals surface area contributed by atoms with Gasteiger partial charge in [0.25, 0.3) is 5.91 Å². The van der Waals surface area contributed by atoms with E-state index < -0.39 is 12.3 Å². The summed E-state index contributed by atoms with van der Waals surface area (Å²) in [6.07, 6.45) is -4.24. The van der Waals surface area contributed by atoms with E-state index in [2.05, 4.69) is 9.72 Å². The van der Waals surface area contributed by atoms with E-state index in [-0.39, 0.29) is 23.9 Å². The molecule has 2 aromatic rings. The molecule has 0 spiro atoms. The summed E-state index contributed by atoms with van der Waals surface area (Å²) >= 11 is 0. The van der Waals surface area contributed by atoms with Crippen molar-refractivity contribution in [3.05, 3.63) is 52.3 Å². The third kappa shape index (κ3) is 4.85. The number of nitrogens with one attached hydrogen (secondary N) is 1. The van der Waals surface area contributed by atoms with Crippen LogP contribution in [0, 0.1) is 6.92 Å². The minimum absolute atomic E-state index is 0.165. The number of hydrogen-bond acceptors (Lipinski definition) is 4. The number of benzene rings is 1. The minimum atomic E-state index is -4.76. The first-order valence-corrected chi connectivity index (χ1v) is 8.47. The molecule has 0 fully saturated rings. The van der Waals surface area contributed by atoms with Gasteiger partial charge in [0.2, 0.25) is 0 Å². The van der Waals surface area contributed by atoms with Crippen LogP contribution >= 0.6 is 0 Å². The molecule has 0 aliphatic heterocycles. The highest BCUT2D eigenvalue weighted by atomic mass is 19.4. The Kier molecular flexibility index (Phi) is 6.37. The van der Waals surface area contributed by atoms with Crippen molar-refractivity contribution in [1.29, 1.82) is 0 Å². The smallest absolute Gasteiger partial charge is 0.465 e. The fourth-order valence-electron chi connectivity index (χ4n) is 2.85. The van der Waals surface area contributed by atoms with E-state index in [1.807, 2.05) is 6.92 Å². The highest BCUT2D eigenvalue weighted by Gasteiger charge is 2.31. The van der Waals surface area contributed by atoms with Crippen LogP contribution in [-0.4, -0.2) is 42.3 Å². The molecule has 0 bridgehead atoms. The van der Waals surface area contributed by atoms with E-state index in [9.17, 15) is 22.8 Å². The van der Waals surface area contributed by atoms with Gasteiger partial charge in [-0.1, -0.05) is 19.1 Å². The Morgan fingerprint density at radius 2 is 1.79 bits per heavy atom. The lowest BCUT2D eigenvalue weighted by Gasteiger charge is -2.17. The van der Waals surface area contributed by atoms with Gasteiger partial charge in [0.05, 0.1) is 12.7 Å². The Balaban J connectivity index is 2.17. The topological polar surface area (TPSA) is 71.6 Å². The van der Waals surface area contributed by atoms with Gasteiger partial charge in [0.1, 0.15) is 11.4 Å². The number of hydrogen-bond donors (Lipinski definition) is 1. The number of H-pyrrole nitrogens is 1. The van der Waals surface area contributed by atoms with Gasteiger partial charge < -0.3 is 19.4 Å². The van der Waals surface area contributed by atoms with Gasteiger partial charge in [-0.2, -0.15) is 0 Å². The largest absolute Gasteiger partial charge is 0.573 e. The van der Waals surface area contributed by atoms with E-state index in [1.165, 1.54) is 36.3 Å². The Hall–Kier alpha value is -2.97. The van der Waals surface area contributed by atoms with Gasteiger partial charge in [0, 0.05) is 19.3 Å². The van der Waals surface area contributed by atoms with E-state index in [0.717, 1.165) is 0 Å². The molecule has 0 saturated carbocycles. The van der Waals surface area contributed by atoms with Gasteiger partial charge in [-0.3, -0.25) is 4.79 Å². The zero-order valence-corrected chi connectivity index (χ0v) is 15.9. The van der Waals surface area contributed by atoms with Crippen molar-refractivity contribution in [3.8, 4) is 5.75 Å². The lowest BCUT2D eigenvalue weighted by molar-refractivity contribution is -0.274. The van der Waals surface area contributed by atoms with E-state index >= 15 is 0 Å². The van der Waals surface area contributed by atoms with Crippen molar-refractivity contribution < 1.29 is 32.2 Å². The lowest BCUT2D eigenvalue weighted by atomic mass is 10.1. The molecule has 0 saturated heterocycles. The maximum atomic E-state index is 12.8. The van der Waals surface area contributed by atoms with Crippen LogP contribution in [0.25, 0.3) is 0 Å². The summed E-state index contributed by atoms with van der Waals surface area (Å²) in [6, 6.07) is 5.27. The molecular weight excluding hydrogens is 377 g/mol. The highest BCUT2D eigenvalue weighted by Crippen LogP contribution is 2.24. The summed E-state index contributed by atoms with van der Waals surface area (Å²) in [5.41, 5.74) is 2.34. The highest BCUT2D eigenvalue weighted by molar-refractivity contribution is 6.00. The van der Waals surface area contributed by atoms with Crippen LogP contribution in [0.1, 0.15) is 44.6 Å². The van der Waals surface area contributed by atoms with Crippen molar-refractivity contribution in [2.45, 2.75) is 33.2 Å². The number of amides is 1. The first-order valence-electron chi connectivity index (χ1n) is 8.47. The number of aryl methyl sites for hydroxylation is 1. The van der Waals surface area contributed by atoms with Crippen LogP contribution in [0.4, 0.5) is 13.2 Å². The van der Waals surface area contributed by atoms with E-state index in [1.54, 1.807) is 14.0 Å². The number of methoxy groups -OCH3 is 1. The first-order chi connectivity index (χ1) is 13.1. The van der Waals surface area contributed by atoms with Gasteiger partial charge >= 0.3 is 12.3 Å². The quantitative estimate of drug-likeness (QED) is 0.751. The van der Waals surface area contributed by atoms with Crippen molar-refractivity contribution in [1.82, 2.24) is 9.88 Å². The Morgan fingerprint density at radius 1 is 1.18 bits per heavy atom. The number of nitrogens with zero attached hydrogens (tertiary/aromatic N) is 1. The van der Waals surface area contributed by atoms with Crippen LogP contribution in [0.5, 0.6) is 5.75 Å². The number of carbonyl (C=O) groups excluding carboxylic acids is 2. The summed E-state index contributed by atoms with van der Waals surface area (Å²) in [4.78, 5) is 29.1. The molecule has 28 heavy (non-hydrogen) atoms. The van der Waals surface area contributed by atoms with Crippen LogP contribution in [0.3, 0.4) is 0 Å². The summed E-state index contributed by atoms with van der Waals surface area (Å²) in [5, 5.41) is 0. The molecule has 152 valence electrons. The molecule has 6 nitrogen and oxygen atoms in total. The number of halogens is 3.